The molecule has 7 nitrogen and oxygen atoms in total. The normalized spacial score (nSPS) is 17.0. The van der Waals surface area contributed by atoms with Crippen LogP contribution in [0.5, 0.6) is 5.75 Å². The molecule has 0 aromatic heterocycles. The Morgan fingerprint density at radius 1 is 1.14 bits per heavy atom. The topological polar surface area (TPSA) is 84.9 Å². The Hall–Kier alpha value is -3.35. The van der Waals surface area contributed by atoms with Gasteiger partial charge in [0, 0.05) is 25.2 Å². The zero-order valence-corrected chi connectivity index (χ0v) is 16.5. The van der Waals surface area contributed by atoms with Gasteiger partial charge >= 0.3 is 5.97 Å². The Bertz CT molecular complexity index is 867. The molecule has 1 heterocycles. The number of nitrogens with one attached hydrogen (secondary N) is 1. The molecule has 0 spiro atoms. The molecular formula is C22H24N2O5. The highest BCUT2D eigenvalue weighted by Crippen LogP contribution is 2.22. The third-order valence-corrected chi connectivity index (χ3v) is 4.78. The highest BCUT2D eigenvalue weighted by Gasteiger charge is 2.36. The van der Waals surface area contributed by atoms with Gasteiger partial charge < -0.3 is 19.7 Å². The maximum Gasteiger partial charge on any atom is 0.312 e. The molecule has 152 valence electrons. The number of benzene rings is 2. The summed E-state index contributed by atoms with van der Waals surface area (Å²) in [7, 11) is 1.56. The van der Waals surface area contributed by atoms with Crippen molar-refractivity contribution in [3.63, 3.8) is 0 Å². The van der Waals surface area contributed by atoms with E-state index in [1.54, 1.807) is 36.3 Å². The summed E-state index contributed by atoms with van der Waals surface area (Å²) in [6, 6.07) is 16.4. The van der Waals surface area contributed by atoms with Gasteiger partial charge in [0.2, 0.25) is 5.91 Å². The van der Waals surface area contributed by atoms with Gasteiger partial charge in [-0.25, -0.2) is 0 Å². The molecule has 0 saturated carbocycles. The molecule has 1 saturated heterocycles. The summed E-state index contributed by atoms with van der Waals surface area (Å²) in [5.74, 6) is -0.956. The van der Waals surface area contributed by atoms with E-state index >= 15 is 0 Å². The molecule has 2 aromatic rings. The molecule has 0 bridgehead atoms. The number of ether oxygens (including phenoxy) is 2. The molecule has 0 aliphatic carbocycles. The molecule has 0 unspecified atom stereocenters. The lowest BCUT2D eigenvalue weighted by Gasteiger charge is -2.18. The smallest absolute Gasteiger partial charge is 0.312 e. The summed E-state index contributed by atoms with van der Waals surface area (Å²) in [6.07, 6.45) is -0.874. The Kier molecular flexibility index (Phi) is 6.49. The lowest BCUT2D eigenvalue weighted by molar-refractivity contribution is -0.157. The second-order valence-electron chi connectivity index (χ2n) is 6.96. The van der Waals surface area contributed by atoms with Crippen LogP contribution in [0.15, 0.2) is 54.6 Å². The molecule has 7 heteroatoms. The monoisotopic (exact) mass is 396 g/mol. The van der Waals surface area contributed by atoms with Crippen molar-refractivity contribution >= 4 is 23.5 Å². The lowest BCUT2D eigenvalue weighted by atomic mass is 10.1. The highest BCUT2D eigenvalue weighted by atomic mass is 16.5. The molecule has 0 radical (unpaired) electrons. The van der Waals surface area contributed by atoms with Gasteiger partial charge in [-0.2, -0.15) is 0 Å². The number of hydrogen-bond acceptors (Lipinski definition) is 5. The molecule has 2 amide bonds. The predicted molar refractivity (Wildman–Crippen MR) is 107 cm³/mol. The Balaban J connectivity index is 1.51. The van der Waals surface area contributed by atoms with Gasteiger partial charge in [0.1, 0.15) is 5.75 Å². The largest absolute Gasteiger partial charge is 0.497 e. The first-order chi connectivity index (χ1) is 14.0. The van der Waals surface area contributed by atoms with Crippen molar-refractivity contribution in [3.8, 4) is 5.75 Å². The number of anilines is 1. The van der Waals surface area contributed by atoms with Crippen LogP contribution in [0, 0.1) is 5.92 Å². The number of carbonyl (C=O) groups is 3. The van der Waals surface area contributed by atoms with Gasteiger partial charge in [0.15, 0.2) is 6.10 Å². The Morgan fingerprint density at radius 2 is 1.83 bits per heavy atom. The summed E-state index contributed by atoms with van der Waals surface area (Å²) in [5, 5.41) is 2.69. The van der Waals surface area contributed by atoms with Crippen molar-refractivity contribution in [1.82, 2.24) is 4.90 Å². The molecule has 1 fully saturated rings. The molecule has 1 aliphatic heterocycles. The number of esters is 1. The lowest BCUT2D eigenvalue weighted by Crippen LogP contribution is -2.33. The fraction of sp³-hybridized carbons (Fsp3) is 0.318. The quantitative estimate of drug-likeness (QED) is 0.728. The number of hydrogen-bond donors (Lipinski definition) is 1. The molecule has 1 N–H and O–H groups in total. The number of amides is 2. The van der Waals surface area contributed by atoms with Crippen LogP contribution in [-0.2, 0) is 25.7 Å². The summed E-state index contributed by atoms with van der Waals surface area (Å²) in [6.45, 7) is 2.26. The minimum Gasteiger partial charge on any atom is -0.497 e. The Morgan fingerprint density at radius 3 is 2.48 bits per heavy atom. The van der Waals surface area contributed by atoms with Crippen molar-refractivity contribution in [1.29, 1.82) is 0 Å². The van der Waals surface area contributed by atoms with Gasteiger partial charge in [0.05, 0.1) is 13.0 Å². The van der Waals surface area contributed by atoms with Gasteiger partial charge in [-0.1, -0.05) is 30.3 Å². The zero-order chi connectivity index (χ0) is 20.8. The third-order valence-electron chi connectivity index (χ3n) is 4.78. The van der Waals surface area contributed by atoms with Crippen LogP contribution in [0.1, 0.15) is 18.9 Å². The summed E-state index contributed by atoms with van der Waals surface area (Å²) < 4.78 is 10.4. The molecule has 2 atom stereocenters. The first-order valence-electron chi connectivity index (χ1n) is 9.43. The maximum absolute atomic E-state index is 12.4. The van der Waals surface area contributed by atoms with Gasteiger partial charge in [-0.15, -0.1) is 0 Å². The minimum atomic E-state index is -0.970. The van der Waals surface area contributed by atoms with Crippen LogP contribution < -0.4 is 10.1 Å². The number of carbonyl (C=O) groups excluding carboxylic acids is 3. The number of rotatable bonds is 7. The van der Waals surface area contributed by atoms with Gasteiger partial charge in [-0.3, -0.25) is 14.4 Å². The number of methoxy groups -OCH3 is 1. The van der Waals surface area contributed by atoms with Crippen LogP contribution >= 0.6 is 0 Å². The van der Waals surface area contributed by atoms with Crippen molar-refractivity contribution in [2.75, 3.05) is 19.0 Å². The van der Waals surface area contributed by atoms with Crippen molar-refractivity contribution in [2.45, 2.75) is 26.0 Å². The van der Waals surface area contributed by atoms with E-state index < -0.39 is 23.9 Å². The average molecular weight is 396 g/mol. The SMILES string of the molecule is COc1ccc(NC(=O)[C@@H](C)OC(=O)[C@H]2CC(=O)N(Cc3ccccc3)C2)cc1. The van der Waals surface area contributed by atoms with E-state index in [1.807, 2.05) is 30.3 Å². The van der Waals surface area contributed by atoms with Gasteiger partial charge in [-0.05, 0) is 36.8 Å². The second-order valence-corrected chi connectivity index (χ2v) is 6.96. The fourth-order valence-corrected chi connectivity index (χ4v) is 3.13. The van der Waals surface area contributed by atoms with Crippen LogP contribution in [-0.4, -0.2) is 42.4 Å². The van der Waals surface area contributed by atoms with E-state index in [2.05, 4.69) is 5.32 Å². The summed E-state index contributed by atoms with van der Waals surface area (Å²) >= 11 is 0. The second kappa shape index (κ2) is 9.23. The van der Waals surface area contributed by atoms with Gasteiger partial charge in [0.25, 0.3) is 5.91 Å². The molecule has 3 rings (SSSR count). The van der Waals surface area contributed by atoms with Crippen LogP contribution in [0.25, 0.3) is 0 Å². The molecule has 2 aromatic carbocycles. The summed E-state index contributed by atoms with van der Waals surface area (Å²) in [4.78, 5) is 38.6. The van der Waals surface area contributed by atoms with E-state index in [0.717, 1.165) is 5.56 Å². The third kappa shape index (κ3) is 5.34. The molecule has 1 aliphatic rings. The zero-order valence-electron chi connectivity index (χ0n) is 16.5. The summed E-state index contributed by atoms with van der Waals surface area (Å²) in [5.41, 5.74) is 1.57. The van der Waals surface area contributed by atoms with Crippen LogP contribution in [0.4, 0.5) is 5.69 Å². The number of likely N-dealkylation sites (tertiary alicyclic amines) is 1. The van der Waals surface area contributed by atoms with Crippen molar-refractivity contribution in [3.05, 3.63) is 60.2 Å². The van der Waals surface area contributed by atoms with E-state index in [0.29, 0.717) is 24.5 Å². The first-order valence-corrected chi connectivity index (χ1v) is 9.43. The van der Waals surface area contributed by atoms with E-state index in [1.165, 1.54) is 6.92 Å². The van der Waals surface area contributed by atoms with E-state index in [9.17, 15) is 14.4 Å². The molecule has 29 heavy (non-hydrogen) atoms. The van der Waals surface area contributed by atoms with Crippen molar-refractivity contribution in [2.24, 2.45) is 5.92 Å². The van der Waals surface area contributed by atoms with E-state index in [4.69, 9.17) is 9.47 Å². The first kappa shape index (κ1) is 20.4. The standard InChI is InChI=1S/C22H24N2O5/c1-15(21(26)23-18-8-10-19(28-2)11-9-18)29-22(27)17-12-20(25)24(14-17)13-16-6-4-3-5-7-16/h3-11,15,17H,12-14H2,1-2H3,(H,23,26)/t15-,17+/m1/s1. The van der Waals surface area contributed by atoms with Crippen LogP contribution in [0.3, 0.4) is 0 Å². The van der Waals surface area contributed by atoms with Crippen molar-refractivity contribution < 1.29 is 23.9 Å². The van der Waals surface area contributed by atoms with E-state index in [-0.39, 0.29) is 12.3 Å². The minimum absolute atomic E-state index is 0.0915. The highest BCUT2D eigenvalue weighted by molar-refractivity contribution is 5.95. The predicted octanol–water partition coefficient (Wildman–Crippen LogP) is 2.61. The fourth-order valence-electron chi connectivity index (χ4n) is 3.13. The number of nitrogens with zero attached hydrogens (tertiary/aromatic N) is 1. The molecular weight excluding hydrogens is 372 g/mol. The van der Waals surface area contributed by atoms with Crippen LogP contribution in [0.2, 0.25) is 0 Å². The Labute approximate surface area is 169 Å². The maximum atomic E-state index is 12.4. The average Bonchev–Trinajstić information content (AvgIpc) is 3.09.